The molecule has 0 aliphatic heterocycles. The Kier molecular flexibility index (Phi) is 9.80. The molecular formula is C25H34Cl2O3. The third kappa shape index (κ3) is 7.08. The van der Waals surface area contributed by atoms with E-state index in [0.717, 1.165) is 35.5 Å². The number of ether oxygens (including phenoxy) is 3. The monoisotopic (exact) mass is 452 g/mol. The van der Waals surface area contributed by atoms with Crippen LogP contribution in [0.4, 0.5) is 0 Å². The molecule has 30 heavy (non-hydrogen) atoms. The first-order valence-electron chi connectivity index (χ1n) is 10.6. The van der Waals surface area contributed by atoms with Crippen molar-refractivity contribution in [2.75, 3.05) is 25.7 Å². The van der Waals surface area contributed by atoms with Crippen LogP contribution >= 0.6 is 23.2 Å². The molecular weight excluding hydrogens is 419 g/mol. The topological polar surface area (TPSA) is 27.7 Å². The fourth-order valence-electron chi connectivity index (χ4n) is 3.21. The second-order valence-electron chi connectivity index (χ2n) is 8.27. The minimum atomic E-state index is -0.202. The third-order valence-corrected chi connectivity index (χ3v) is 5.61. The van der Waals surface area contributed by atoms with Gasteiger partial charge in [0.25, 0.3) is 0 Å². The van der Waals surface area contributed by atoms with Gasteiger partial charge in [0.2, 0.25) is 0 Å². The van der Waals surface area contributed by atoms with Gasteiger partial charge in [0.1, 0.15) is 11.5 Å². The Hall–Kier alpha value is -1.42. The van der Waals surface area contributed by atoms with E-state index in [1.54, 1.807) is 0 Å². The van der Waals surface area contributed by atoms with Crippen LogP contribution in [0.3, 0.4) is 0 Å². The van der Waals surface area contributed by atoms with Crippen molar-refractivity contribution < 1.29 is 14.2 Å². The van der Waals surface area contributed by atoms with E-state index in [1.807, 2.05) is 39.0 Å². The molecule has 0 aliphatic rings. The molecule has 0 bridgehead atoms. The van der Waals surface area contributed by atoms with E-state index in [-0.39, 0.29) is 11.5 Å². The van der Waals surface area contributed by atoms with Gasteiger partial charge in [-0.05, 0) is 62.1 Å². The highest BCUT2D eigenvalue weighted by Gasteiger charge is 2.25. The molecule has 0 aromatic heterocycles. The number of hydrogen-bond acceptors (Lipinski definition) is 3. The summed E-state index contributed by atoms with van der Waals surface area (Å²) in [6, 6.07) is 12.4. The number of aryl methyl sites for hydroxylation is 1. The number of rotatable bonds is 12. The predicted molar refractivity (Wildman–Crippen MR) is 127 cm³/mol. The summed E-state index contributed by atoms with van der Waals surface area (Å²) in [5.74, 6) is 2.19. The molecule has 3 nitrogen and oxygen atoms in total. The smallest absolute Gasteiger partial charge is 0.140 e. The van der Waals surface area contributed by atoms with E-state index in [9.17, 15) is 0 Å². The minimum Gasteiger partial charge on any atom is -0.494 e. The molecule has 5 heteroatoms. The van der Waals surface area contributed by atoms with Gasteiger partial charge in [-0.3, -0.25) is 0 Å². The molecule has 166 valence electrons. The maximum absolute atomic E-state index is 6.55. The van der Waals surface area contributed by atoms with Crippen LogP contribution in [0.2, 0.25) is 5.02 Å². The van der Waals surface area contributed by atoms with Gasteiger partial charge in [0.15, 0.2) is 0 Å². The van der Waals surface area contributed by atoms with E-state index in [1.165, 1.54) is 5.56 Å². The van der Waals surface area contributed by atoms with Gasteiger partial charge in [0, 0.05) is 17.7 Å². The zero-order valence-electron chi connectivity index (χ0n) is 18.8. The lowest BCUT2D eigenvalue weighted by Crippen LogP contribution is -2.19. The molecule has 0 spiro atoms. The summed E-state index contributed by atoms with van der Waals surface area (Å²) >= 11 is 12.3. The molecule has 0 N–H and O–H groups in total. The molecule has 2 rings (SSSR count). The largest absolute Gasteiger partial charge is 0.494 e. The van der Waals surface area contributed by atoms with Crippen LogP contribution in [-0.4, -0.2) is 31.8 Å². The molecule has 2 aromatic rings. The Labute approximate surface area is 191 Å². The van der Waals surface area contributed by atoms with E-state index in [0.29, 0.717) is 30.7 Å². The van der Waals surface area contributed by atoms with Gasteiger partial charge < -0.3 is 14.2 Å². The lowest BCUT2D eigenvalue weighted by Gasteiger charge is -2.27. The molecule has 0 fully saturated rings. The SMILES string of the molecule is Cc1cc(C(C)(C)c2ccc(OCCCOC(C)C)cc2)cc(Cl)c1OCCCCl. The Morgan fingerprint density at radius 1 is 0.900 bits per heavy atom. The quantitative estimate of drug-likeness (QED) is 0.252. The predicted octanol–water partition coefficient (Wildman–Crippen LogP) is 7.18. The van der Waals surface area contributed by atoms with E-state index in [4.69, 9.17) is 37.4 Å². The molecule has 0 aliphatic carbocycles. The Bertz CT molecular complexity index is 762. The van der Waals surface area contributed by atoms with Gasteiger partial charge in [-0.25, -0.2) is 0 Å². The van der Waals surface area contributed by atoms with Crippen molar-refractivity contribution in [1.29, 1.82) is 0 Å². The molecule has 0 atom stereocenters. The standard InChI is InChI=1S/C25H34Cl2O3/c1-18(2)28-14-7-15-29-22-10-8-20(9-11-22)25(4,5)21-16-19(3)24(23(27)17-21)30-13-6-12-26/h8-11,16-18H,6-7,12-15H2,1-5H3. The van der Waals surface area contributed by atoms with E-state index in [2.05, 4.69) is 32.0 Å². The van der Waals surface area contributed by atoms with Crippen LogP contribution in [0.15, 0.2) is 36.4 Å². The summed E-state index contributed by atoms with van der Waals surface area (Å²) in [7, 11) is 0. The Morgan fingerprint density at radius 2 is 1.57 bits per heavy atom. The van der Waals surface area contributed by atoms with Crippen molar-refractivity contribution in [2.45, 2.75) is 59.0 Å². The first-order valence-corrected chi connectivity index (χ1v) is 11.5. The van der Waals surface area contributed by atoms with E-state index >= 15 is 0 Å². The molecule has 2 aromatic carbocycles. The average molecular weight is 453 g/mol. The molecule has 0 saturated carbocycles. The minimum absolute atomic E-state index is 0.202. The molecule has 0 heterocycles. The van der Waals surface area contributed by atoms with Crippen molar-refractivity contribution in [3.63, 3.8) is 0 Å². The van der Waals surface area contributed by atoms with Gasteiger partial charge in [-0.15, -0.1) is 11.6 Å². The van der Waals surface area contributed by atoms with Gasteiger partial charge >= 0.3 is 0 Å². The highest BCUT2D eigenvalue weighted by molar-refractivity contribution is 6.32. The number of halogens is 2. The first-order chi connectivity index (χ1) is 14.3. The second-order valence-corrected chi connectivity index (χ2v) is 9.05. The van der Waals surface area contributed by atoms with Crippen molar-refractivity contribution >= 4 is 23.2 Å². The van der Waals surface area contributed by atoms with Gasteiger partial charge in [-0.1, -0.05) is 43.6 Å². The van der Waals surface area contributed by atoms with Crippen molar-refractivity contribution in [1.82, 2.24) is 0 Å². The lowest BCUT2D eigenvalue weighted by molar-refractivity contribution is 0.0694. The highest BCUT2D eigenvalue weighted by Crippen LogP contribution is 2.38. The van der Waals surface area contributed by atoms with Crippen LogP contribution < -0.4 is 9.47 Å². The zero-order valence-corrected chi connectivity index (χ0v) is 20.3. The van der Waals surface area contributed by atoms with Crippen molar-refractivity contribution in [3.8, 4) is 11.5 Å². The lowest BCUT2D eigenvalue weighted by atomic mass is 9.77. The molecule has 0 amide bonds. The Morgan fingerprint density at radius 3 is 2.17 bits per heavy atom. The van der Waals surface area contributed by atoms with Crippen molar-refractivity contribution in [3.05, 3.63) is 58.1 Å². The van der Waals surface area contributed by atoms with Crippen LogP contribution in [0.25, 0.3) is 0 Å². The molecule has 0 saturated heterocycles. The van der Waals surface area contributed by atoms with Crippen LogP contribution in [0.1, 0.15) is 57.2 Å². The summed E-state index contributed by atoms with van der Waals surface area (Å²) < 4.78 is 17.2. The summed E-state index contributed by atoms with van der Waals surface area (Å²) in [6.07, 6.45) is 1.93. The summed E-state index contributed by atoms with van der Waals surface area (Å²) in [4.78, 5) is 0. The maximum atomic E-state index is 6.55. The molecule has 0 unspecified atom stereocenters. The third-order valence-electron chi connectivity index (χ3n) is 5.06. The van der Waals surface area contributed by atoms with Crippen LogP contribution in [0, 0.1) is 6.92 Å². The average Bonchev–Trinajstić information content (AvgIpc) is 2.70. The zero-order chi connectivity index (χ0) is 22.1. The fourth-order valence-corrected chi connectivity index (χ4v) is 3.64. The number of benzene rings is 2. The summed E-state index contributed by atoms with van der Waals surface area (Å²) in [5.41, 5.74) is 3.18. The Balaban J connectivity index is 2.05. The van der Waals surface area contributed by atoms with Crippen LogP contribution in [0.5, 0.6) is 11.5 Å². The fraction of sp³-hybridized carbons (Fsp3) is 0.520. The van der Waals surface area contributed by atoms with Crippen LogP contribution in [-0.2, 0) is 10.2 Å². The number of hydrogen-bond donors (Lipinski definition) is 0. The van der Waals surface area contributed by atoms with Crippen molar-refractivity contribution in [2.24, 2.45) is 0 Å². The summed E-state index contributed by atoms with van der Waals surface area (Å²) in [6.45, 7) is 12.4. The summed E-state index contributed by atoms with van der Waals surface area (Å²) in [5, 5.41) is 0.635. The van der Waals surface area contributed by atoms with Gasteiger partial charge in [0.05, 0.1) is 30.9 Å². The highest BCUT2D eigenvalue weighted by atomic mass is 35.5. The van der Waals surface area contributed by atoms with Gasteiger partial charge in [-0.2, -0.15) is 0 Å². The number of alkyl halides is 1. The second kappa shape index (κ2) is 11.8. The molecule has 0 radical (unpaired) electrons. The first kappa shape index (κ1) is 24.8. The maximum Gasteiger partial charge on any atom is 0.140 e. The normalized spacial score (nSPS) is 11.7. The van der Waals surface area contributed by atoms with E-state index < -0.39 is 0 Å².